The van der Waals surface area contributed by atoms with Crippen LogP contribution in [-0.2, 0) is 14.6 Å². The van der Waals surface area contributed by atoms with Crippen molar-refractivity contribution in [2.24, 2.45) is 0 Å². The maximum Gasteiger partial charge on any atom is 0.173 e. The van der Waals surface area contributed by atoms with Gasteiger partial charge in [-0.25, -0.2) is 8.42 Å². The van der Waals surface area contributed by atoms with Crippen LogP contribution in [0.3, 0.4) is 0 Å². The largest absolute Gasteiger partial charge is 0.385 e. The first-order valence-electron chi connectivity index (χ1n) is 8.16. The van der Waals surface area contributed by atoms with Crippen LogP contribution in [0.4, 0.5) is 5.69 Å². The molecule has 7 heteroatoms. The van der Waals surface area contributed by atoms with Gasteiger partial charge < -0.3 is 15.0 Å². The van der Waals surface area contributed by atoms with E-state index < -0.39 is 9.84 Å². The van der Waals surface area contributed by atoms with Crippen molar-refractivity contribution in [3.05, 3.63) is 29.3 Å². The first-order valence-corrected chi connectivity index (χ1v) is 10.4. The van der Waals surface area contributed by atoms with Gasteiger partial charge in [0, 0.05) is 32.0 Å². The summed E-state index contributed by atoms with van der Waals surface area (Å²) < 4.78 is 28.8. The second-order valence-electron chi connectivity index (χ2n) is 6.35. The molecule has 5 nitrogen and oxygen atoms in total. The van der Waals surface area contributed by atoms with E-state index in [0.717, 1.165) is 23.2 Å². The molecule has 24 heavy (non-hydrogen) atoms. The van der Waals surface area contributed by atoms with Crippen molar-refractivity contribution in [1.82, 2.24) is 4.90 Å². The summed E-state index contributed by atoms with van der Waals surface area (Å²) in [5, 5.41) is 3.89. The molecule has 0 spiro atoms. The maximum absolute atomic E-state index is 11.8. The number of hydrogen-bond donors (Lipinski definition) is 1. The summed E-state index contributed by atoms with van der Waals surface area (Å²) in [6.07, 6.45) is 1.44. The van der Waals surface area contributed by atoms with E-state index in [0.29, 0.717) is 24.7 Å². The molecular formula is C17H26N2O3S2. The zero-order valence-corrected chi connectivity index (χ0v) is 16.2. The Morgan fingerprint density at radius 3 is 2.79 bits per heavy atom. The molecule has 0 bridgehead atoms. The van der Waals surface area contributed by atoms with Crippen molar-refractivity contribution in [1.29, 1.82) is 0 Å². The normalized spacial score (nSPS) is 19.2. The van der Waals surface area contributed by atoms with Crippen LogP contribution in [0.5, 0.6) is 0 Å². The molecule has 1 aliphatic heterocycles. The lowest BCUT2D eigenvalue weighted by Gasteiger charge is -2.31. The Hall–Kier alpha value is -1.18. The van der Waals surface area contributed by atoms with Crippen LogP contribution in [0.15, 0.2) is 18.2 Å². The van der Waals surface area contributed by atoms with Gasteiger partial charge in [-0.1, -0.05) is 12.1 Å². The van der Waals surface area contributed by atoms with Crippen molar-refractivity contribution in [2.75, 3.05) is 37.1 Å². The Bertz CT molecular complexity index is 689. The van der Waals surface area contributed by atoms with Crippen molar-refractivity contribution in [2.45, 2.75) is 32.7 Å². The van der Waals surface area contributed by atoms with Crippen LogP contribution in [0, 0.1) is 13.8 Å². The summed E-state index contributed by atoms with van der Waals surface area (Å²) in [6.45, 7) is 5.38. The molecule has 0 aliphatic carbocycles. The number of aryl methyl sites for hydroxylation is 2. The van der Waals surface area contributed by atoms with Gasteiger partial charge in [0.25, 0.3) is 0 Å². The predicted octanol–water partition coefficient (Wildman–Crippen LogP) is 2.53. The lowest BCUT2D eigenvalue weighted by atomic mass is 10.1. The van der Waals surface area contributed by atoms with Gasteiger partial charge in [-0.2, -0.15) is 0 Å². The third-order valence-corrected chi connectivity index (χ3v) is 6.38. The van der Waals surface area contributed by atoms with Crippen LogP contribution in [0.25, 0.3) is 0 Å². The maximum atomic E-state index is 11.8. The highest BCUT2D eigenvalue weighted by molar-refractivity contribution is 7.91. The molecule has 1 atom stereocenters. The van der Waals surface area contributed by atoms with Gasteiger partial charge in [0.15, 0.2) is 14.9 Å². The third kappa shape index (κ3) is 5.16. The topological polar surface area (TPSA) is 58.6 Å². The zero-order chi connectivity index (χ0) is 17.7. The average Bonchev–Trinajstić information content (AvgIpc) is 2.87. The number of hydrogen-bond acceptors (Lipinski definition) is 4. The zero-order valence-electron chi connectivity index (χ0n) is 14.5. The molecule has 1 aromatic rings. The number of rotatable bonds is 6. The van der Waals surface area contributed by atoms with Gasteiger partial charge in [0.2, 0.25) is 0 Å². The van der Waals surface area contributed by atoms with Crippen molar-refractivity contribution in [3.63, 3.8) is 0 Å². The second-order valence-corrected chi connectivity index (χ2v) is 8.96. The molecule has 1 aliphatic rings. The van der Waals surface area contributed by atoms with Gasteiger partial charge in [-0.3, -0.25) is 0 Å². The predicted molar refractivity (Wildman–Crippen MR) is 102 cm³/mol. The van der Waals surface area contributed by atoms with Crippen LogP contribution in [-0.4, -0.2) is 56.2 Å². The van der Waals surface area contributed by atoms with Crippen molar-refractivity contribution >= 4 is 32.9 Å². The van der Waals surface area contributed by atoms with E-state index in [1.54, 1.807) is 7.11 Å². The second kappa shape index (κ2) is 8.27. The number of sulfone groups is 1. The fraction of sp³-hybridized carbons (Fsp3) is 0.588. The Balaban J connectivity index is 2.13. The number of ether oxygens (including phenoxy) is 1. The van der Waals surface area contributed by atoms with E-state index in [1.807, 2.05) is 18.7 Å². The molecule has 2 rings (SSSR count). The van der Waals surface area contributed by atoms with Gasteiger partial charge in [-0.05, 0) is 56.1 Å². The number of benzene rings is 1. The highest BCUT2D eigenvalue weighted by Crippen LogP contribution is 2.21. The molecular weight excluding hydrogens is 344 g/mol. The van der Waals surface area contributed by atoms with E-state index >= 15 is 0 Å². The average molecular weight is 371 g/mol. The molecule has 1 fully saturated rings. The third-order valence-electron chi connectivity index (χ3n) is 4.29. The number of methoxy groups -OCH3 is 1. The van der Waals surface area contributed by atoms with E-state index in [9.17, 15) is 8.42 Å². The van der Waals surface area contributed by atoms with E-state index in [4.69, 9.17) is 17.0 Å². The monoisotopic (exact) mass is 370 g/mol. The lowest BCUT2D eigenvalue weighted by molar-refractivity contribution is 0.181. The number of nitrogens with zero attached hydrogens (tertiary/aromatic N) is 1. The molecule has 0 radical (unpaired) electrons. The summed E-state index contributed by atoms with van der Waals surface area (Å²) in [7, 11) is -1.29. The first kappa shape index (κ1) is 19.1. The quantitative estimate of drug-likeness (QED) is 0.613. The summed E-state index contributed by atoms with van der Waals surface area (Å²) in [4.78, 5) is 2.01. The van der Waals surface area contributed by atoms with Gasteiger partial charge >= 0.3 is 0 Å². The number of thiocarbonyl (C=S) groups is 1. The number of nitrogens with one attached hydrogen (secondary N) is 1. The SMILES string of the molecule is COCCCN(C(=S)Nc1cc(C)ccc1C)[C@H]1CCS(=O)(=O)C1. The molecule has 0 saturated carbocycles. The highest BCUT2D eigenvalue weighted by Gasteiger charge is 2.33. The Kier molecular flexibility index (Phi) is 6.60. The van der Waals surface area contributed by atoms with Crippen molar-refractivity contribution < 1.29 is 13.2 Å². The molecule has 0 unspecified atom stereocenters. The molecule has 1 N–H and O–H groups in total. The molecule has 0 amide bonds. The van der Waals surface area contributed by atoms with Crippen LogP contribution in [0.2, 0.25) is 0 Å². The van der Waals surface area contributed by atoms with Gasteiger partial charge in [0.1, 0.15) is 0 Å². The Labute approximate surface area is 150 Å². The van der Waals surface area contributed by atoms with Gasteiger partial charge in [0.05, 0.1) is 11.5 Å². The minimum Gasteiger partial charge on any atom is -0.385 e. The van der Waals surface area contributed by atoms with Crippen LogP contribution >= 0.6 is 12.2 Å². The van der Waals surface area contributed by atoms with E-state index in [1.165, 1.54) is 0 Å². The number of anilines is 1. The molecule has 1 heterocycles. The van der Waals surface area contributed by atoms with E-state index in [2.05, 4.69) is 23.5 Å². The van der Waals surface area contributed by atoms with Gasteiger partial charge in [-0.15, -0.1) is 0 Å². The molecule has 134 valence electrons. The summed E-state index contributed by atoms with van der Waals surface area (Å²) in [5.74, 6) is 0.416. The van der Waals surface area contributed by atoms with Crippen molar-refractivity contribution in [3.8, 4) is 0 Å². The smallest absolute Gasteiger partial charge is 0.173 e. The first-order chi connectivity index (χ1) is 11.3. The van der Waals surface area contributed by atoms with Crippen LogP contribution in [0.1, 0.15) is 24.0 Å². The van der Waals surface area contributed by atoms with Crippen LogP contribution < -0.4 is 5.32 Å². The summed E-state index contributed by atoms with van der Waals surface area (Å²) >= 11 is 5.60. The molecule has 1 saturated heterocycles. The summed E-state index contributed by atoms with van der Waals surface area (Å²) in [6, 6.07) is 6.11. The molecule has 1 aromatic carbocycles. The minimum atomic E-state index is -2.95. The fourth-order valence-corrected chi connectivity index (χ4v) is 4.99. The fourth-order valence-electron chi connectivity index (χ4n) is 2.91. The Morgan fingerprint density at radius 2 is 2.17 bits per heavy atom. The lowest BCUT2D eigenvalue weighted by Crippen LogP contribution is -2.44. The molecule has 0 aromatic heterocycles. The summed E-state index contributed by atoms with van der Waals surface area (Å²) in [5.41, 5.74) is 3.23. The minimum absolute atomic E-state index is 0.0584. The highest BCUT2D eigenvalue weighted by atomic mass is 32.2. The standard InChI is InChI=1S/C17H26N2O3S2/c1-13-5-6-14(2)16(11-13)18-17(23)19(8-4-9-22-3)15-7-10-24(20,21)12-15/h5-6,11,15H,4,7-10,12H2,1-3H3,(H,18,23)/t15-/m0/s1. The Morgan fingerprint density at radius 1 is 1.42 bits per heavy atom. The van der Waals surface area contributed by atoms with E-state index in [-0.39, 0.29) is 17.5 Å².